The minimum atomic E-state index is -0.827. The molecule has 1 aromatic carbocycles. The van der Waals surface area contributed by atoms with Gasteiger partial charge in [0.2, 0.25) is 0 Å². The third-order valence-electron chi connectivity index (χ3n) is 3.87. The molecule has 0 radical (unpaired) electrons. The second kappa shape index (κ2) is 5.50. The highest BCUT2D eigenvalue weighted by Crippen LogP contribution is 2.32. The van der Waals surface area contributed by atoms with Gasteiger partial charge in [0.25, 0.3) is 5.91 Å². The first kappa shape index (κ1) is 14.7. The average molecular weight is 325 g/mol. The van der Waals surface area contributed by atoms with Gasteiger partial charge in [-0.25, -0.2) is 4.39 Å². The van der Waals surface area contributed by atoms with Crippen molar-refractivity contribution in [1.29, 1.82) is 0 Å². The number of nitrogens with zero attached hydrogens (tertiary/aromatic N) is 1. The third kappa shape index (κ3) is 2.62. The van der Waals surface area contributed by atoms with Gasteiger partial charge in [-0.3, -0.25) is 9.00 Å². The second-order valence-electron chi connectivity index (χ2n) is 5.35. The lowest BCUT2D eigenvalue weighted by molar-refractivity contribution is 0.0718. The monoisotopic (exact) mass is 325 g/mol. The van der Waals surface area contributed by atoms with Crippen LogP contribution < -0.4 is 0 Å². The van der Waals surface area contributed by atoms with Crippen LogP contribution in [0.3, 0.4) is 0 Å². The number of fused-ring (bicyclic) bond motifs is 1. The van der Waals surface area contributed by atoms with Crippen molar-refractivity contribution in [3.63, 3.8) is 0 Å². The van der Waals surface area contributed by atoms with Crippen LogP contribution >= 0.6 is 11.3 Å². The van der Waals surface area contributed by atoms with E-state index in [-0.39, 0.29) is 17.8 Å². The number of hydrogen-bond donors (Lipinski definition) is 0. The Balaban J connectivity index is 1.98. The van der Waals surface area contributed by atoms with Crippen molar-refractivity contribution < 1.29 is 13.4 Å². The van der Waals surface area contributed by atoms with Crippen molar-refractivity contribution in [1.82, 2.24) is 4.90 Å². The van der Waals surface area contributed by atoms with Gasteiger partial charge in [0.05, 0.1) is 4.88 Å². The Morgan fingerprint density at radius 2 is 2.24 bits per heavy atom. The van der Waals surface area contributed by atoms with Gasteiger partial charge in [0.1, 0.15) is 5.82 Å². The van der Waals surface area contributed by atoms with Crippen LogP contribution in [0.2, 0.25) is 0 Å². The van der Waals surface area contributed by atoms with E-state index in [9.17, 15) is 13.4 Å². The summed E-state index contributed by atoms with van der Waals surface area (Å²) in [7, 11) is -0.827. The van der Waals surface area contributed by atoms with Crippen LogP contribution in [0, 0.1) is 12.7 Å². The summed E-state index contributed by atoms with van der Waals surface area (Å²) in [6.07, 6.45) is 0. The molecule has 2 atom stereocenters. The minimum absolute atomic E-state index is 0.0200. The van der Waals surface area contributed by atoms with Gasteiger partial charge in [-0.1, -0.05) is 0 Å². The fourth-order valence-corrected chi connectivity index (χ4v) is 5.12. The summed E-state index contributed by atoms with van der Waals surface area (Å²) < 4.78 is 25.8. The Morgan fingerprint density at radius 3 is 2.95 bits per heavy atom. The largest absolute Gasteiger partial charge is 0.333 e. The fourth-order valence-electron chi connectivity index (χ4n) is 2.69. The van der Waals surface area contributed by atoms with E-state index in [2.05, 4.69) is 0 Å². The number of benzene rings is 1. The quantitative estimate of drug-likeness (QED) is 0.808. The van der Waals surface area contributed by atoms with Gasteiger partial charge in [0.15, 0.2) is 0 Å². The van der Waals surface area contributed by atoms with E-state index in [4.69, 9.17) is 0 Å². The van der Waals surface area contributed by atoms with Crippen LogP contribution in [0.1, 0.15) is 22.2 Å². The van der Waals surface area contributed by atoms with Gasteiger partial charge < -0.3 is 4.90 Å². The number of hydrogen-bond acceptors (Lipinski definition) is 3. The van der Waals surface area contributed by atoms with Crippen molar-refractivity contribution in [3.05, 3.63) is 34.5 Å². The molecule has 0 spiro atoms. The normalized spacial score (nSPS) is 22.7. The van der Waals surface area contributed by atoms with E-state index in [1.807, 2.05) is 13.8 Å². The molecule has 2 heterocycles. The van der Waals surface area contributed by atoms with Gasteiger partial charge >= 0.3 is 0 Å². The van der Waals surface area contributed by atoms with Crippen LogP contribution in [0.25, 0.3) is 10.1 Å². The molecule has 2 aromatic rings. The topological polar surface area (TPSA) is 37.4 Å². The number of carbonyl (C=O) groups is 1. The Labute approximate surface area is 129 Å². The molecule has 0 saturated carbocycles. The highest BCUT2D eigenvalue weighted by Gasteiger charge is 2.29. The predicted octanol–water partition coefficient (Wildman–Crippen LogP) is 2.94. The molecule has 6 heteroatoms. The Morgan fingerprint density at radius 1 is 1.48 bits per heavy atom. The number of aryl methyl sites for hydroxylation is 1. The van der Waals surface area contributed by atoms with Crippen molar-refractivity contribution in [2.24, 2.45) is 0 Å². The third-order valence-corrected chi connectivity index (χ3v) is 6.63. The summed E-state index contributed by atoms with van der Waals surface area (Å²) >= 11 is 1.40. The first-order chi connectivity index (χ1) is 9.97. The minimum Gasteiger partial charge on any atom is -0.333 e. The molecule has 0 aliphatic carbocycles. The van der Waals surface area contributed by atoms with Crippen LogP contribution in [-0.2, 0) is 10.8 Å². The molecule has 3 nitrogen and oxygen atoms in total. The van der Waals surface area contributed by atoms with Crippen LogP contribution in [-0.4, -0.2) is 39.1 Å². The number of halogens is 1. The first-order valence-electron chi connectivity index (χ1n) is 6.82. The van der Waals surface area contributed by atoms with Gasteiger partial charge in [-0.15, -0.1) is 11.3 Å². The van der Waals surface area contributed by atoms with Crippen molar-refractivity contribution in [2.75, 3.05) is 18.1 Å². The lowest BCUT2D eigenvalue weighted by Crippen LogP contribution is -2.48. The Hall–Kier alpha value is -1.27. The first-order valence-corrected chi connectivity index (χ1v) is 9.12. The maximum Gasteiger partial charge on any atom is 0.264 e. The molecule has 0 N–H and O–H groups in total. The van der Waals surface area contributed by atoms with E-state index in [0.29, 0.717) is 22.9 Å². The molecular weight excluding hydrogens is 309 g/mol. The lowest BCUT2D eigenvalue weighted by atomic mass is 10.1. The molecule has 0 unspecified atom stereocenters. The zero-order valence-corrected chi connectivity index (χ0v) is 13.5. The summed E-state index contributed by atoms with van der Waals surface area (Å²) in [4.78, 5) is 15.2. The van der Waals surface area contributed by atoms with Crippen molar-refractivity contribution in [3.8, 4) is 0 Å². The van der Waals surface area contributed by atoms with Gasteiger partial charge in [0, 0.05) is 39.6 Å². The molecule has 1 aromatic heterocycles. The number of thiophene rings is 1. The van der Waals surface area contributed by atoms with E-state index >= 15 is 0 Å². The molecule has 112 valence electrons. The molecule has 1 amide bonds. The lowest BCUT2D eigenvalue weighted by Gasteiger charge is -2.32. The van der Waals surface area contributed by atoms with Crippen LogP contribution in [0.5, 0.6) is 0 Å². The van der Waals surface area contributed by atoms with Gasteiger partial charge in [-0.2, -0.15) is 0 Å². The van der Waals surface area contributed by atoms with Crippen molar-refractivity contribution >= 4 is 38.1 Å². The summed E-state index contributed by atoms with van der Waals surface area (Å²) in [5.41, 5.74) is 0.832. The molecule has 1 saturated heterocycles. The molecule has 3 rings (SSSR count). The molecule has 1 fully saturated rings. The van der Waals surface area contributed by atoms with Gasteiger partial charge in [-0.05, 0) is 43.0 Å². The maximum absolute atomic E-state index is 13.4. The summed E-state index contributed by atoms with van der Waals surface area (Å²) in [6, 6.07) is 4.59. The highest BCUT2D eigenvalue weighted by atomic mass is 32.2. The van der Waals surface area contributed by atoms with E-state index in [1.54, 1.807) is 11.0 Å². The molecule has 0 bridgehead atoms. The number of carbonyl (C=O) groups excluding carboxylic acids is 1. The van der Waals surface area contributed by atoms with Crippen molar-refractivity contribution in [2.45, 2.75) is 19.9 Å². The predicted molar refractivity (Wildman–Crippen MR) is 84.9 cm³/mol. The van der Waals surface area contributed by atoms with E-state index < -0.39 is 10.8 Å². The number of rotatable bonds is 1. The Bertz CT molecular complexity index is 741. The standard InChI is InChI=1S/C15H16FNO2S2/c1-9-8-21(19)6-5-17(9)15(18)14-10(2)12-7-11(16)3-4-13(12)20-14/h3-4,7,9H,5-6,8H2,1-2H3/t9-,21+/m1/s1. The summed E-state index contributed by atoms with van der Waals surface area (Å²) in [5, 5.41) is 0.802. The molecule has 1 aliphatic heterocycles. The molecule has 21 heavy (non-hydrogen) atoms. The second-order valence-corrected chi connectivity index (χ2v) is 8.03. The zero-order valence-electron chi connectivity index (χ0n) is 11.9. The number of amides is 1. The summed E-state index contributed by atoms with van der Waals surface area (Å²) in [5.74, 6) is 0.751. The maximum atomic E-state index is 13.4. The smallest absolute Gasteiger partial charge is 0.264 e. The average Bonchev–Trinajstić information content (AvgIpc) is 2.75. The van der Waals surface area contributed by atoms with E-state index in [1.165, 1.54) is 23.5 Å². The van der Waals surface area contributed by atoms with Crippen LogP contribution in [0.15, 0.2) is 18.2 Å². The van der Waals surface area contributed by atoms with E-state index in [0.717, 1.165) is 15.6 Å². The summed E-state index contributed by atoms with van der Waals surface area (Å²) in [6.45, 7) is 4.31. The van der Waals surface area contributed by atoms with Crippen LogP contribution in [0.4, 0.5) is 4.39 Å². The SMILES string of the molecule is Cc1c(C(=O)N2CC[S@](=O)C[C@H]2C)sc2ccc(F)cc12. The molecular formula is C15H16FNO2S2. The Kier molecular flexibility index (Phi) is 3.84. The zero-order chi connectivity index (χ0) is 15.1. The molecule has 1 aliphatic rings. The highest BCUT2D eigenvalue weighted by molar-refractivity contribution is 7.85. The fraction of sp³-hybridized carbons (Fsp3) is 0.400.